The van der Waals surface area contributed by atoms with Gasteiger partial charge >= 0.3 is 0 Å². The molecule has 1 heterocycles. The Hall–Kier alpha value is -2.01. The standard InChI is InChI=1S/C23H32N2O2S/c1-18-10-13-22(27-18)17-25(16-19-11-14-21(26-2)15-12-19)23(28)24-20-8-6-4-3-5-7-9-20/h10-15,20H,3-9,16-17H2,1-2H3,(H,24,28). The fourth-order valence-electron chi connectivity index (χ4n) is 3.78. The van der Waals surface area contributed by atoms with Gasteiger partial charge in [0.05, 0.1) is 13.7 Å². The summed E-state index contributed by atoms with van der Waals surface area (Å²) in [5.74, 6) is 2.73. The van der Waals surface area contributed by atoms with Crippen LogP contribution in [0.3, 0.4) is 0 Å². The molecule has 1 saturated carbocycles. The lowest BCUT2D eigenvalue weighted by atomic mass is 9.97. The molecule has 1 aromatic carbocycles. The highest BCUT2D eigenvalue weighted by Gasteiger charge is 2.18. The Balaban J connectivity index is 1.68. The molecule has 1 N–H and O–H groups in total. The number of furan rings is 1. The van der Waals surface area contributed by atoms with Crippen LogP contribution in [0.4, 0.5) is 0 Å². The molecule has 5 heteroatoms. The fourth-order valence-corrected chi connectivity index (χ4v) is 4.07. The third kappa shape index (κ3) is 6.26. The molecule has 1 aliphatic rings. The number of aryl methyl sites for hydroxylation is 1. The molecule has 1 aromatic heterocycles. The van der Waals surface area contributed by atoms with Gasteiger partial charge in [-0.05, 0) is 61.8 Å². The number of nitrogens with zero attached hydrogens (tertiary/aromatic N) is 1. The zero-order chi connectivity index (χ0) is 19.8. The first-order valence-electron chi connectivity index (χ1n) is 10.4. The third-order valence-electron chi connectivity index (χ3n) is 5.40. The molecular weight excluding hydrogens is 368 g/mol. The number of ether oxygens (including phenoxy) is 1. The number of thiocarbonyl (C=S) groups is 1. The number of hydrogen-bond acceptors (Lipinski definition) is 3. The lowest BCUT2D eigenvalue weighted by Gasteiger charge is -2.29. The first-order valence-corrected chi connectivity index (χ1v) is 10.8. The van der Waals surface area contributed by atoms with Gasteiger partial charge in [0.25, 0.3) is 0 Å². The molecule has 0 spiro atoms. The Labute approximate surface area is 174 Å². The average Bonchev–Trinajstić information content (AvgIpc) is 3.08. The van der Waals surface area contributed by atoms with E-state index in [2.05, 4.69) is 22.3 Å². The Kier molecular flexibility index (Phi) is 7.78. The number of benzene rings is 1. The minimum atomic E-state index is 0.476. The van der Waals surface area contributed by atoms with Crippen molar-refractivity contribution in [2.24, 2.45) is 0 Å². The summed E-state index contributed by atoms with van der Waals surface area (Å²) in [6.45, 7) is 3.38. The summed E-state index contributed by atoms with van der Waals surface area (Å²) in [7, 11) is 1.69. The number of hydrogen-bond donors (Lipinski definition) is 1. The molecule has 28 heavy (non-hydrogen) atoms. The molecule has 0 amide bonds. The van der Waals surface area contributed by atoms with Crippen molar-refractivity contribution in [2.45, 2.75) is 71.0 Å². The summed E-state index contributed by atoms with van der Waals surface area (Å²) >= 11 is 5.84. The van der Waals surface area contributed by atoms with Crippen molar-refractivity contribution in [2.75, 3.05) is 7.11 Å². The van der Waals surface area contributed by atoms with Crippen LogP contribution >= 0.6 is 12.2 Å². The molecule has 0 aliphatic heterocycles. The molecule has 0 unspecified atom stereocenters. The monoisotopic (exact) mass is 400 g/mol. The van der Waals surface area contributed by atoms with Crippen LogP contribution in [0.5, 0.6) is 5.75 Å². The summed E-state index contributed by atoms with van der Waals surface area (Å²) in [6.07, 6.45) is 9.04. The Morgan fingerprint density at radius 1 is 1.04 bits per heavy atom. The second kappa shape index (κ2) is 10.5. The van der Waals surface area contributed by atoms with Gasteiger partial charge < -0.3 is 19.4 Å². The SMILES string of the molecule is COc1ccc(CN(Cc2ccc(C)o2)C(=S)NC2CCCCCCC2)cc1. The average molecular weight is 401 g/mol. The maximum atomic E-state index is 5.84. The van der Waals surface area contributed by atoms with E-state index in [1.807, 2.05) is 31.2 Å². The molecule has 1 fully saturated rings. The predicted molar refractivity (Wildman–Crippen MR) is 118 cm³/mol. The maximum absolute atomic E-state index is 5.84. The van der Waals surface area contributed by atoms with E-state index in [1.54, 1.807) is 7.11 Å². The van der Waals surface area contributed by atoms with E-state index in [1.165, 1.54) is 50.5 Å². The van der Waals surface area contributed by atoms with Crippen LogP contribution in [0.2, 0.25) is 0 Å². The van der Waals surface area contributed by atoms with Gasteiger partial charge in [-0.15, -0.1) is 0 Å². The van der Waals surface area contributed by atoms with Crippen molar-refractivity contribution in [3.05, 3.63) is 53.5 Å². The van der Waals surface area contributed by atoms with E-state index < -0.39 is 0 Å². The summed E-state index contributed by atoms with van der Waals surface area (Å²) in [4.78, 5) is 2.20. The summed E-state index contributed by atoms with van der Waals surface area (Å²) in [5.41, 5.74) is 1.20. The van der Waals surface area contributed by atoms with Crippen molar-refractivity contribution in [3.8, 4) is 5.75 Å². The van der Waals surface area contributed by atoms with Crippen LogP contribution in [-0.4, -0.2) is 23.2 Å². The molecule has 152 valence electrons. The molecule has 1 aliphatic carbocycles. The van der Waals surface area contributed by atoms with Gasteiger partial charge in [0.2, 0.25) is 0 Å². The van der Waals surface area contributed by atoms with E-state index >= 15 is 0 Å². The highest BCUT2D eigenvalue weighted by atomic mass is 32.1. The Morgan fingerprint density at radius 2 is 1.71 bits per heavy atom. The summed E-state index contributed by atoms with van der Waals surface area (Å²) in [6, 6.07) is 12.7. The molecule has 0 atom stereocenters. The van der Waals surface area contributed by atoms with Gasteiger partial charge in [0.1, 0.15) is 17.3 Å². The van der Waals surface area contributed by atoms with Crippen molar-refractivity contribution in [3.63, 3.8) is 0 Å². The summed E-state index contributed by atoms with van der Waals surface area (Å²) in [5, 5.41) is 4.46. The Morgan fingerprint density at radius 3 is 2.32 bits per heavy atom. The minimum Gasteiger partial charge on any atom is -0.497 e. The lowest BCUT2D eigenvalue weighted by Crippen LogP contribution is -2.44. The van der Waals surface area contributed by atoms with Crippen LogP contribution < -0.4 is 10.1 Å². The van der Waals surface area contributed by atoms with Gasteiger partial charge in [0, 0.05) is 12.6 Å². The second-order valence-electron chi connectivity index (χ2n) is 7.71. The van der Waals surface area contributed by atoms with Gasteiger partial charge in [-0.2, -0.15) is 0 Å². The zero-order valence-corrected chi connectivity index (χ0v) is 17.9. The van der Waals surface area contributed by atoms with Crippen molar-refractivity contribution >= 4 is 17.3 Å². The molecule has 2 aromatic rings. The lowest BCUT2D eigenvalue weighted by molar-refractivity contribution is 0.334. The van der Waals surface area contributed by atoms with E-state index in [4.69, 9.17) is 21.4 Å². The smallest absolute Gasteiger partial charge is 0.169 e. The molecule has 0 bridgehead atoms. The predicted octanol–water partition coefficient (Wildman–Crippen LogP) is 5.59. The van der Waals surface area contributed by atoms with Crippen LogP contribution in [-0.2, 0) is 13.1 Å². The van der Waals surface area contributed by atoms with Crippen molar-refractivity contribution in [1.29, 1.82) is 0 Å². The first-order chi connectivity index (χ1) is 13.6. The van der Waals surface area contributed by atoms with E-state index in [-0.39, 0.29) is 0 Å². The summed E-state index contributed by atoms with van der Waals surface area (Å²) < 4.78 is 11.1. The van der Waals surface area contributed by atoms with E-state index in [0.29, 0.717) is 12.6 Å². The van der Waals surface area contributed by atoms with E-state index in [9.17, 15) is 0 Å². The van der Waals surface area contributed by atoms with Gasteiger partial charge in [0.15, 0.2) is 5.11 Å². The molecule has 0 radical (unpaired) electrons. The molecule has 4 nitrogen and oxygen atoms in total. The van der Waals surface area contributed by atoms with Crippen LogP contribution in [0.1, 0.15) is 62.0 Å². The minimum absolute atomic E-state index is 0.476. The number of rotatable bonds is 6. The van der Waals surface area contributed by atoms with Gasteiger partial charge in [-0.1, -0.05) is 44.2 Å². The molecular formula is C23H32N2O2S. The maximum Gasteiger partial charge on any atom is 0.169 e. The molecule has 0 saturated heterocycles. The van der Waals surface area contributed by atoms with Crippen LogP contribution in [0, 0.1) is 6.92 Å². The van der Waals surface area contributed by atoms with Crippen LogP contribution in [0.25, 0.3) is 0 Å². The largest absolute Gasteiger partial charge is 0.497 e. The van der Waals surface area contributed by atoms with Gasteiger partial charge in [-0.3, -0.25) is 0 Å². The normalized spacial score (nSPS) is 15.5. The van der Waals surface area contributed by atoms with Crippen molar-refractivity contribution in [1.82, 2.24) is 10.2 Å². The van der Waals surface area contributed by atoms with Gasteiger partial charge in [-0.25, -0.2) is 0 Å². The van der Waals surface area contributed by atoms with Crippen molar-refractivity contribution < 1.29 is 9.15 Å². The third-order valence-corrected chi connectivity index (χ3v) is 5.77. The topological polar surface area (TPSA) is 37.6 Å². The Bertz CT molecular complexity index is 733. The fraction of sp³-hybridized carbons (Fsp3) is 0.522. The zero-order valence-electron chi connectivity index (χ0n) is 17.1. The van der Waals surface area contributed by atoms with E-state index in [0.717, 1.165) is 28.9 Å². The highest BCUT2D eigenvalue weighted by Crippen LogP contribution is 2.19. The quantitative estimate of drug-likeness (QED) is 0.640. The highest BCUT2D eigenvalue weighted by molar-refractivity contribution is 7.80. The first kappa shape index (κ1) is 20.7. The molecule has 3 rings (SSSR count). The second-order valence-corrected chi connectivity index (χ2v) is 8.09. The number of methoxy groups -OCH3 is 1. The van der Waals surface area contributed by atoms with Crippen LogP contribution in [0.15, 0.2) is 40.8 Å². The number of nitrogens with one attached hydrogen (secondary N) is 1.